The molecule has 0 saturated heterocycles. The summed E-state index contributed by atoms with van der Waals surface area (Å²) in [4.78, 5) is 3.22. The number of alkyl halides is 6. The lowest BCUT2D eigenvalue weighted by molar-refractivity contribution is -0.259. The molecule has 0 aliphatic rings. The largest absolute Gasteiger partial charge is 0.433 e. The Morgan fingerprint density at radius 1 is 1.04 bits per heavy atom. The third-order valence-corrected chi connectivity index (χ3v) is 4.09. The van der Waals surface area contributed by atoms with E-state index in [1.165, 1.54) is 0 Å². The second-order valence-corrected chi connectivity index (χ2v) is 6.38. The van der Waals surface area contributed by atoms with Crippen molar-refractivity contribution in [3.8, 4) is 0 Å². The standard InChI is InChI=1S/C16H10Cl2F6NO/c1-14(26,16(22,23)24)11-5-9(17)6-12(18)10(11)4-8-2-3-13(25-7-8)15(19,20)21/h2-7,26H,1H3/t14-/m0/s1. The lowest BCUT2D eigenvalue weighted by Gasteiger charge is -2.29. The molecule has 1 aromatic carbocycles. The first-order valence-corrected chi connectivity index (χ1v) is 7.65. The van der Waals surface area contributed by atoms with Crippen molar-refractivity contribution in [2.24, 2.45) is 0 Å². The number of rotatable bonds is 3. The minimum Gasteiger partial charge on any atom is -0.376 e. The molecule has 0 amide bonds. The predicted octanol–water partition coefficient (Wildman–Crippen LogP) is 5.78. The summed E-state index contributed by atoms with van der Waals surface area (Å²) in [7, 11) is 0. The fourth-order valence-corrected chi connectivity index (χ4v) is 2.66. The van der Waals surface area contributed by atoms with Gasteiger partial charge in [0.15, 0.2) is 5.60 Å². The molecule has 0 spiro atoms. The number of pyridine rings is 1. The lowest BCUT2D eigenvalue weighted by Crippen LogP contribution is -2.40. The Hall–Kier alpha value is -1.51. The van der Waals surface area contributed by atoms with Crippen molar-refractivity contribution < 1.29 is 31.4 Å². The van der Waals surface area contributed by atoms with Gasteiger partial charge in [-0.15, -0.1) is 0 Å². The highest BCUT2D eigenvalue weighted by molar-refractivity contribution is 6.35. The fraction of sp³-hybridized carbons (Fsp3) is 0.250. The van der Waals surface area contributed by atoms with Crippen LogP contribution >= 0.6 is 23.2 Å². The Bertz CT molecular complexity index is 800. The van der Waals surface area contributed by atoms with Crippen molar-refractivity contribution in [2.45, 2.75) is 24.9 Å². The Kier molecular flexibility index (Phi) is 5.52. The second-order valence-electron chi connectivity index (χ2n) is 5.54. The maximum absolute atomic E-state index is 13.2. The fourth-order valence-electron chi connectivity index (χ4n) is 2.11. The molecular formula is C16H10Cl2F6NO. The van der Waals surface area contributed by atoms with Gasteiger partial charge in [0.05, 0.1) is 0 Å². The van der Waals surface area contributed by atoms with E-state index in [0.717, 1.165) is 30.8 Å². The number of hydrogen-bond donors (Lipinski definition) is 1. The first-order chi connectivity index (χ1) is 11.7. The van der Waals surface area contributed by atoms with Crippen LogP contribution in [0.3, 0.4) is 0 Å². The Labute approximate surface area is 154 Å². The molecule has 1 N–H and O–H groups in total. The summed E-state index contributed by atoms with van der Waals surface area (Å²) in [6.07, 6.45) is -7.77. The van der Waals surface area contributed by atoms with Crippen LogP contribution in [0.25, 0.3) is 0 Å². The van der Waals surface area contributed by atoms with E-state index in [1.54, 1.807) is 0 Å². The molecule has 1 radical (unpaired) electrons. The van der Waals surface area contributed by atoms with Crippen molar-refractivity contribution >= 4 is 23.2 Å². The van der Waals surface area contributed by atoms with Gasteiger partial charge in [0.2, 0.25) is 0 Å². The molecule has 10 heteroatoms. The summed E-state index contributed by atoms with van der Waals surface area (Å²) >= 11 is 11.7. The van der Waals surface area contributed by atoms with Crippen molar-refractivity contribution in [1.82, 2.24) is 4.98 Å². The minimum absolute atomic E-state index is 0.0569. The molecule has 2 aromatic rings. The summed E-state index contributed by atoms with van der Waals surface area (Å²) in [5.41, 5.74) is -5.25. The summed E-state index contributed by atoms with van der Waals surface area (Å²) in [6, 6.07) is 3.75. The number of aliphatic hydroxyl groups is 1. The van der Waals surface area contributed by atoms with Crippen molar-refractivity contribution in [2.75, 3.05) is 0 Å². The zero-order valence-corrected chi connectivity index (χ0v) is 14.4. The van der Waals surface area contributed by atoms with Crippen LogP contribution in [0.5, 0.6) is 0 Å². The van der Waals surface area contributed by atoms with Crippen LogP contribution in [0.2, 0.25) is 10.0 Å². The third kappa shape index (κ3) is 4.24. The normalized spacial score (nSPS) is 15.0. The monoisotopic (exact) mass is 416 g/mol. The van der Waals surface area contributed by atoms with Crippen molar-refractivity contribution in [1.29, 1.82) is 0 Å². The molecule has 0 unspecified atom stereocenters. The quantitative estimate of drug-likeness (QED) is 0.643. The van der Waals surface area contributed by atoms with E-state index in [9.17, 15) is 31.4 Å². The van der Waals surface area contributed by atoms with E-state index < -0.39 is 29.2 Å². The van der Waals surface area contributed by atoms with Gasteiger partial charge >= 0.3 is 12.4 Å². The van der Waals surface area contributed by atoms with Crippen LogP contribution in [0.15, 0.2) is 30.5 Å². The molecular weight excluding hydrogens is 407 g/mol. The molecule has 0 fully saturated rings. The second kappa shape index (κ2) is 6.90. The molecule has 26 heavy (non-hydrogen) atoms. The van der Waals surface area contributed by atoms with Crippen LogP contribution in [0.1, 0.15) is 29.3 Å². The number of halogens is 8. The average molecular weight is 417 g/mol. The highest BCUT2D eigenvalue weighted by atomic mass is 35.5. The van der Waals surface area contributed by atoms with Gasteiger partial charge < -0.3 is 5.11 Å². The van der Waals surface area contributed by atoms with E-state index in [-0.39, 0.29) is 21.2 Å². The van der Waals surface area contributed by atoms with Gasteiger partial charge in [-0.2, -0.15) is 26.3 Å². The number of benzene rings is 1. The number of nitrogens with zero attached hydrogens (tertiary/aromatic N) is 1. The van der Waals surface area contributed by atoms with Crippen molar-refractivity contribution in [3.63, 3.8) is 0 Å². The Morgan fingerprint density at radius 3 is 2.12 bits per heavy atom. The SMILES string of the molecule is C[C@](O)(c1cc(Cl)cc(Cl)c1[CH]c1ccc(C(F)(F)F)nc1)C(F)(F)F. The summed E-state index contributed by atoms with van der Waals surface area (Å²) in [5, 5.41) is 9.60. The van der Waals surface area contributed by atoms with Crippen LogP contribution in [0, 0.1) is 6.42 Å². The van der Waals surface area contributed by atoms with E-state index in [2.05, 4.69) is 4.98 Å². The van der Waals surface area contributed by atoms with Gasteiger partial charge in [0.1, 0.15) is 5.69 Å². The van der Waals surface area contributed by atoms with Crippen LogP contribution < -0.4 is 0 Å². The van der Waals surface area contributed by atoms with Crippen LogP contribution in [0.4, 0.5) is 26.3 Å². The lowest BCUT2D eigenvalue weighted by atomic mass is 9.88. The van der Waals surface area contributed by atoms with Crippen LogP contribution in [-0.2, 0) is 11.8 Å². The van der Waals surface area contributed by atoms with E-state index in [0.29, 0.717) is 13.0 Å². The molecule has 1 atom stereocenters. The highest BCUT2D eigenvalue weighted by Crippen LogP contribution is 2.43. The highest BCUT2D eigenvalue weighted by Gasteiger charge is 2.52. The van der Waals surface area contributed by atoms with Gasteiger partial charge in [-0.25, -0.2) is 0 Å². The topological polar surface area (TPSA) is 33.1 Å². The summed E-state index contributed by atoms with van der Waals surface area (Å²) in [6.45, 7) is 0.525. The third-order valence-electron chi connectivity index (χ3n) is 3.56. The van der Waals surface area contributed by atoms with Gasteiger partial charge in [-0.1, -0.05) is 29.3 Å². The molecule has 0 bridgehead atoms. The Balaban J connectivity index is 2.50. The first kappa shape index (κ1) is 20.8. The van der Waals surface area contributed by atoms with Crippen molar-refractivity contribution in [3.05, 3.63) is 69.3 Å². The predicted molar refractivity (Wildman–Crippen MR) is 83.8 cm³/mol. The number of aromatic nitrogens is 1. The van der Waals surface area contributed by atoms with Gasteiger partial charge in [-0.05, 0) is 41.8 Å². The smallest absolute Gasteiger partial charge is 0.376 e. The first-order valence-electron chi connectivity index (χ1n) is 6.90. The van der Waals surface area contributed by atoms with Gasteiger partial charge in [-0.3, -0.25) is 4.98 Å². The zero-order chi connectivity index (χ0) is 19.9. The number of hydrogen-bond acceptors (Lipinski definition) is 2. The molecule has 1 aromatic heterocycles. The summed E-state index contributed by atoms with van der Waals surface area (Å²) in [5.74, 6) is 0. The maximum Gasteiger partial charge on any atom is 0.433 e. The maximum atomic E-state index is 13.2. The molecule has 0 aliphatic heterocycles. The zero-order valence-electron chi connectivity index (χ0n) is 12.9. The molecule has 0 saturated carbocycles. The Morgan fingerprint density at radius 2 is 1.65 bits per heavy atom. The molecule has 2 rings (SSSR count). The van der Waals surface area contributed by atoms with E-state index in [4.69, 9.17) is 23.2 Å². The minimum atomic E-state index is -5.04. The molecule has 141 valence electrons. The average Bonchev–Trinajstić information content (AvgIpc) is 2.48. The van der Waals surface area contributed by atoms with Gasteiger partial charge in [0, 0.05) is 22.7 Å². The van der Waals surface area contributed by atoms with Gasteiger partial charge in [0.25, 0.3) is 0 Å². The van der Waals surface area contributed by atoms with E-state index >= 15 is 0 Å². The molecule has 1 heterocycles. The van der Waals surface area contributed by atoms with Crippen LogP contribution in [-0.4, -0.2) is 16.3 Å². The van der Waals surface area contributed by atoms with E-state index in [1.807, 2.05) is 0 Å². The molecule has 0 aliphatic carbocycles. The summed E-state index contributed by atoms with van der Waals surface area (Å²) < 4.78 is 77.2. The molecule has 2 nitrogen and oxygen atoms in total.